The third kappa shape index (κ3) is 3.31. The number of benzene rings is 1. The highest BCUT2D eigenvalue weighted by Crippen LogP contribution is 2.38. The summed E-state index contributed by atoms with van der Waals surface area (Å²) >= 11 is 0. The highest BCUT2D eigenvalue weighted by Gasteiger charge is 2.45. The van der Waals surface area contributed by atoms with E-state index in [0.29, 0.717) is 30.3 Å². The third-order valence-electron chi connectivity index (χ3n) is 5.44. The Kier molecular flexibility index (Phi) is 5.26. The third-order valence-corrected chi connectivity index (χ3v) is 5.44. The van der Waals surface area contributed by atoms with E-state index in [1.807, 2.05) is 29.2 Å². The summed E-state index contributed by atoms with van der Waals surface area (Å²) in [5.41, 5.74) is 2.24. The maximum Gasteiger partial charge on any atom is 0.322 e. The molecule has 0 saturated carbocycles. The molecule has 0 aromatic heterocycles. The number of methoxy groups -OCH3 is 1. The van der Waals surface area contributed by atoms with Crippen LogP contribution in [0.4, 0.5) is 4.79 Å². The smallest absolute Gasteiger partial charge is 0.322 e. The van der Waals surface area contributed by atoms with Crippen LogP contribution in [-0.4, -0.2) is 48.0 Å². The summed E-state index contributed by atoms with van der Waals surface area (Å²) in [5.74, 6) is 0.991. The van der Waals surface area contributed by atoms with Crippen LogP contribution in [0.3, 0.4) is 0 Å². The molecule has 0 aliphatic carbocycles. The summed E-state index contributed by atoms with van der Waals surface area (Å²) in [6, 6.07) is 6.86. The molecule has 3 rings (SSSR count). The van der Waals surface area contributed by atoms with Gasteiger partial charge in [-0.15, -0.1) is 6.58 Å². The zero-order valence-electron chi connectivity index (χ0n) is 16.4. The Bertz CT molecular complexity index is 800. The van der Waals surface area contributed by atoms with Crippen LogP contribution in [0.15, 0.2) is 48.2 Å². The van der Waals surface area contributed by atoms with Crippen LogP contribution in [-0.2, 0) is 4.79 Å². The van der Waals surface area contributed by atoms with Gasteiger partial charge in [-0.3, -0.25) is 9.69 Å². The molecule has 0 unspecified atom stereocenters. The highest BCUT2D eigenvalue weighted by atomic mass is 16.5. The summed E-state index contributed by atoms with van der Waals surface area (Å²) < 4.78 is 5.31. The first kappa shape index (κ1) is 19.0. The zero-order chi connectivity index (χ0) is 19.7. The molecule has 1 N–H and O–H groups in total. The minimum absolute atomic E-state index is 0.0203. The van der Waals surface area contributed by atoms with Gasteiger partial charge in [0.05, 0.1) is 31.0 Å². The average Bonchev–Trinajstić information content (AvgIpc) is 3.00. The lowest BCUT2D eigenvalue weighted by atomic mass is 9.95. The molecule has 144 valence electrons. The lowest BCUT2D eigenvalue weighted by Gasteiger charge is -2.33. The fourth-order valence-electron chi connectivity index (χ4n) is 3.60. The topological polar surface area (TPSA) is 61.9 Å². The molecular weight excluding hydrogens is 342 g/mol. The van der Waals surface area contributed by atoms with Crippen molar-refractivity contribution in [3.05, 3.63) is 53.8 Å². The Labute approximate surface area is 160 Å². The van der Waals surface area contributed by atoms with Gasteiger partial charge in [0, 0.05) is 12.6 Å². The Morgan fingerprint density at radius 1 is 1.33 bits per heavy atom. The molecule has 0 radical (unpaired) electrons. The van der Waals surface area contributed by atoms with Gasteiger partial charge in [-0.25, -0.2) is 4.79 Å². The number of carbonyl (C=O) groups excluding carboxylic acids is 2. The van der Waals surface area contributed by atoms with Crippen LogP contribution < -0.4 is 10.1 Å². The lowest BCUT2D eigenvalue weighted by molar-refractivity contribution is -0.128. The summed E-state index contributed by atoms with van der Waals surface area (Å²) in [6.45, 7) is 10.8. The number of hydrogen-bond donors (Lipinski definition) is 1. The molecule has 27 heavy (non-hydrogen) atoms. The Morgan fingerprint density at radius 2 is 2.07 bits per heavy atom. The molecule has 2 heterocycles. The summed E-state index contributed by atoms with van der Waals surface area (Å²) in [4.78, 5) is 29.5. The van der Waals surface area contributed by atoms with Gasteiger partial charge in [-0.1, -0.05) is 32.1 Å². The zero-order valence-corrected chi connectivity index (χ0v) is 16.4. The van der Waals surface area contributed by atoms with Crippen molar-refractivity contribution >= 4 is 11.9 Å². The predicted molar refractivity (Wildman–Crippen MR) is 104 cm³/mol. The molecular formula is C21H27N3O3. The van der Waals surface area contributed by atoms with E-state index < -0.39 is 6.04 Å². The van der Waals surface area contributed by atoms with Gasteiger partial charge in [0.25, 0.3) is 5.91 Å². The van der Waals surface area contributed by atoms with E-state index in [1.54, 1.807) is 18.1 Å². The number of nitrogens with zero attached hydrogens (tertiary/aromatic N) is 2. The number of carbonyl (C=O) groups is 2. The molecule has 6 heteroatoms. The van der Waals surface area contributed by atoms with E-state index >= 15 is 0 Å². The normalized spacial score (nSPS) is 20.7. The summed E-state index contributed by atoms with van der Waals surface area (Å²) in [7, 11) is 1.60. The highest BCUT2D eigenvalue weighted by molar-refractivity contribution is 6.01. The fourth-order valence-corrected chi connectivity index (χ4v) is 3.60. The second-order valence-electron chi connectivity index (χ2n) is 7.34. The first-order chi connectivity index (χ1) is 12.9. The van der Waals surface area contributed by atoms with Gasteiger partial charge in [-0.2, -0.15) is 0 Å². The van der Waals surface area contributed by atoms with Crippen LogP contribution in [0.25, 0.3) is 0 Å². The number of hydrogen-bond acceptors (Lipinski definition) is 3. The van der Waals surface area contributed by atoms with E-state index in [1.165, 1.54) is 0 Å². The van der Waals surface area contributed by atoms with Gasteiger partial charge >= 0.3 is 6.03 Å². The molecule has 6 nitrogen and oxygen atoms in total. The molecule has 0 spiro atoms. The van der Waals surface area contributed by atoms with Crippen molar-refractivity contribution in [1.29, 1.82) is 0 Å². The quantitative estimate of drug-likeness (QED) is 0.784. The summed E-state index contributed by atoms with van der Waals surface area (Å²) in [6.07, 6.45) is 1.68. The lowest BCUT2D eigenvalue weighted by Crippen LogP contribution is -2.47. The van der Waals surface area contributed by atoms with Crippen LogP contribution in [0, 0.1) is 5.92 Å². The van der Waals surface area contributed by atoms with Crippen LogP contribution >= 0.6 is 0 Å². The number of nitrogens with one attached hydrogen (secondary N) is 1. The molecule has 2 atom stereocenters. The molecule has 1 aromatic rings. The molecule has 0 bridgehead atoms. The van der Waals surface area contributed by atoms with Gasteiger partial charge < -0.3 is 15.0 Å². The van der Waals surface area contributed by atoms with Gasteiger partial charge in [-0.05, 0) is 30.5 Å². The van der Waals surface area contributed by atoms with Crippen LogP contribution in [0.5, 0.6) is 5.75 Å². The minimum Gasteiger partial charge on any atom is -0.497 e. The van der Waals surface area contributed by atoms with Crippen molar-refractivity contribution in [2.75, 3.05) is 20.2 Å². The number of urea groups is 1. The fraction of sp³-hybridized carbons (Fsp3) is 0.429. The predicted octanol–water partition coefficient (Wildman–Crippen LogP) is 3.09. The first-order valence-corrected chi connectivity index (χ1v) is 9.25. The standard InChI is InChI=1S/C21H27N3O3/c1-6-10-23-17-12-24(14(4)13(2)3)20(25)18(17)19(22-21(23)26)15-8-7-9-16(11-15)27-5/h6-9,11,13-14,19H,1,10,12H2,2-5H3,(H,22,26)/t14-,19+/m1/s1. The molecule has 2 aliphatic heterocycles. The second kappa shape index (κ2) is 7.47. The van der Waals surface area contributed by atoms with Crippen LogP contribution in [0.2, 0.25) is 0 Å². The maximum absolute atomic E-state index is 13.3. The summed E-state index contributed by atoms with van der Waals surface area (Å²) in [5, 5.41) is 2.99. The Morgan fingerprint density at radius 3 is 2.70 bits per heavy atom. The SMILES string of the molecule is C=CCN1C(=O)N[C@@H](c2cccc(OC)c2)C2=C1CN([C@H](C)C(C)C)C2=O. The van der Waals surface area contributed by atoms with Crippen molar-refractivity contribution in [2.45, 2.75) is 32.9 Å². The van der Waals surface area contributed by atoms with E-state index in [0.717, 1.165) is 11.3 Å². The monoisotopic (exact) mass is 369 g/mol. The Balaban J connectivity index is 2.06. The number of ether oxygens (including phenoxy) is 1. The number of amides is 3. The molecule has 1 aromatic carbocycles. The first-order valence-electron chi connectivity index (χ1n) is 9.25. The van der Waals surface area contributed by atoms with Crippen molar-refractivity contribution in [3.8, 4) is 5.75 Å². The van der Waals surface area contributed by atoms with E-state index in [2.05, 4.69) is 32.7 Å². The van der Waals surface area contributed by atoms with Crippen molar-refractivity contribution in [3.63, 3.8) is 0 Å². The second-order valence-corrected chi connectivity index (χ2v) is 7.34. The largest absolute Gasteiger partial charge is 0.497 e. The molecule has 0 saturated heterocycles. The van der Waals surface area contributed by atoms with E-state index in [9.17, 15) is 9.59 Å². The molecule has 3 amide bonds. The minimum atomic E-state index is -0.486. The van der Waals surface area contributed by atoms with Crippen LogP contribution in [0.1, 0.15) is 32.4 Å². The van der Waals surface area contributed by atoms with E-state index in [4.69, 9.17) is 4.74 Å². The Hall–Kier alpha value is -2.76. The van der Waals surface area contributed by atoms with Crippen molar-refractivity contribution in [2.24, 2.45) is 5.92 Å². The maximum atomic E-state index is 13.3. The van der Waals surface area contributed by atoms with Crippen molar-refractivity contribution < 1.29 is 14.3 Å². The average molecular weight is 369 g/mol. The number of rotatable bonds is 6. The van der Waals surface area contributed by atoms with Gasteiger partial charge in [0.15, 0.2) is 0 Å². The van der Waals surface area contributed by atoms with Gasteiger partial charge in [0.1, 0.15) is 5.75 Å². The van der Waals surface area contributed by atoms with E-state index in [-0.39, 0.29) is 18.0 Å². The van der Waals surface area contributed by atoms with Crippen molar-refractivity contribution in [1.82, 2.24) is 15.1 Å². The molecule has 2 aliphatic rings. The van der Waals surface area contributed by atoms with Gasteiger partial charge in [0.2, 0.25) is 0 Å². The molecule has 0 fully saturated rings.